The van der Waals surface area contributed by atoms with Gasteiger partial charge in [-0.15, -0.1) is 0 Å². The average Bonchev–Trinajstić information content (AvgIpc) is 3.31. The molecule has 0 spiro atoms. The highest BCUT2D eigenvalue weighted by Gasteiger charge is 2.23. The van der Waals surface area contributed by atoms with Crippen LogP contribution in [0.5, 0.6) is 5.75 Å². The highest BCUT2D eigenvalue weighted by molar-refractivity contribution is 6.39. The molecule has 0 aliphatic rings. The van der Waals surface area contributed by atoms with Gasteiger partial charge in [0.1, 0.15) is 23.8 Å². The van der Waals surface area contributed by atoms with Crippen LogP contribution in [0.4, 0.5) is 0 Å². The van der Waals surface area contributed by atoms with Crippen LogP contribution in [-0.4, -0.2) is 21.2 Å². The van der Waals surface area contributed by atoms with Gasteiger partial charge in [0.05, 0.1) is 26.7 Å². The number of pyridine rings is 1. The summed E-state index contributed by atoms with van der Waals surface area (Å²) in [6.07, 6.45) is 1.37. The number of hydrogen-bond acceptors (Lipinski definition) is 5. The van der Waals surface area contributed by atoms with E-state index in [0.29, 0.717) is 27.1 Å². The van der Waals surface area contributed by atoms with Gasteiger partial charge in [0.2, 0.25) is 0 Å². The first kappa shape index (κ1) is 24.8. The predicted octanol–water partition coefficient (Wildman–Crippen LogP) is 8.26. The van der Waals surface area contributed by atoms with E-state index in [1.807, 2.05) is 56.3 Å². The fourth-order valence-corrected chi connectivity index (χ4v) is 4.73. The lowest BCUT2D eigenvalue weighted by atomic mass is 10.0. The number of aromatic carboxylic acids is 1. The van der Waals surface area contributed by atoms with Gasteiger partial charge in [-0.25, -0.2) is 4.79 Å². The zero-order valence-corrected chi connectivity index (χ0v) is 21.5. The number of hydrogen-bond donors (Lipinski definition) is 1. The van der Waals surface area contributed by atoms with E-state index in [1.54, 1.807) is 24.3 Å². The van der Waals surface area contributed by atoms with Gasteiger partial charge >= 0.3 is 5.97 Å². The zero-order valence-electron chi connectivity index (χ0n) is 20.0. The number of aromatic nitrogens is 2. The van der Waals surface area contributed by atoms with E-state index < -0.39 is 5.97 Å². The van der Waals surface area contributed by atoms with Gasteiger partial charge in [-0.05, 0) is 47.5 Å². The van der Waals surface area contributed by atoms with Crippen molar-refractivity contribution < 1.29 is 19.2 Å². The summed E-state index contributed by atoms with van der Waals surface area (Å²) in [6, 6.07) is 20.4. The molecule has 8 heteroatoms. The van der Waals surface area contributed by atoms with E-state index in [9.17, 15) is 9.90 Å². The molecule has 6 nitrogen and oxygen atoms in total. The van der Waals surface area contributed by atoms with Crippen LogP contribution in [0.25, 0.3) is 33.3 Å². The molecule has 0 aliphatic carbocycles. The topological polar surface area (TPSA) is 85.5 Å². The molecule has 1 N–H and O–H groups in total. The normalized spacial score (nSPS) is 11.3. The third kappa shape index (κ3) is 5.03. The molecule has 37 heavy (non-hydrogen) atoms. The van der Waals surface area contributed by atoms with Gasteiger partial charge in [0.25, 0.3) is 0 Å². The summed E-state index contributed by atoms with van der Waals surface area (Å²) in [5.41, 5.74) is 4.83. The number of benzene rings is 3. The molecule has 0 fully saturated rings. The lowest BCUT2D eigenvalue weighted by Gasteiger charge is -2.11. The molecular weight excluding hydrogens is 511 g/mol. The fraction of sp³-hybridized carbons (Fsp3) is 0.138. The largest absolute Gasteiger partial charge is 0.489 e. The highest BCUT2D eigenvalue weighted by atomic mass is 35.5. The first-order chi connectivity index (χ1) is 17.8. The highest BCUT2D eigenvalue weighted by Crippen LogP contribution is 2.39. The molecule has 0 saturated carbocycles. The maximum Gasteiger partial charge on any atom is 0.337 e. The second kappa shape index (κ2) is 10.2. The SMILES string of the molecule is CC(C)c1onc(-c2c(Cl)cccc2Cl)c1COc1ccc(-c2ccc3cc(C(=O)O)cnc3c2)cc1. The van der Waals surface area contributed by atoms with Gasteiger partial charge in [0, 0.05) is 23.1 Å². The number of carboxylic acids is 1. The summed E-state index contributed by atoms with van der Waals surface area (Å²) in [7, 11) is 0. The quantitative estimate of drug-likeness (QED) is 0.227. The van der Waals surface area contributed by atoms with Crippen molar-refractivity contribution in [3.63, 3.8) is 0 Å². The number of rotatable bonds is 7. The number of ether oxygens (including phenoxy) is 1. The Morgan fingerprint density at radius 3 is 2.38 bits per heavy atom. The maximum absolute atomic E-state index is 11.2. The number of carbonyl (C=O) groups is 1. The molecule has 186 valence electrons. The molecule has 5 rings (SSSR count). The first-order valence-electron chi connectivity index (χ1n) is 11.6. The van der Waals surface area contributed by atoms with Gasteiger partial charge in [0.15, 0.2) is 0 Å². The summed E-state index contributed by atoms with van der Waals surface area (Å²) in [5, 5.41) is 15.2. The van der Waals surface area contributed by atoms with Crippen LogP contribution in [0.1, 0.15) is 41.4 Å². The third-order valence-corrected chi connectivity index (χ3v) is 6.67. The van der Waals surface area contributed by atoms with Crippen molar-refractivity contribution in [1.82, 2.24) is 10.1 Å². The Hall–Kier alpha value is -3.87. The molecule has 0 aliphatic heterocycles. The van der Waals surface area contributed by atoms with Crippen LogP contribution >= 0.6 is 23.2 Å². The zero-order chi connectivity index (χ0) is 26.1. The molecule has 0 radical (unpaired) electrons. The number of nitrogens with zero attached hydrogens (tertiary/aromatic N) is 2. The molecule has 3 aromatic carbocycles. The van der Waals surface area contributed by atoms with Crippen molar-refractivity contribution in [1.29, 1.82) is 0 Å². The van der Waals surface area contributed by atoms with Crippen molar-refractivity contribution >= 4 is 40.1 Å². The molecule has 0 unspecified atom stereocenters. The number of halogens is 2. The van der Waals surface area contributed by atoms with Gasteiger partial charge in [-0.1, -0.05) is 72.5 Å². The van der Waals surface area contributed by atoms with Crippen LogP contribution < -0.4 is 4.74 Å². The smallest absolute Gasteiger partial charge is 0.337 e. The first-order valence-corrected chi connectivity index (χ1v) is 12.4. The van der Waals surface area contributed by atoms with E-state index in [2.05, 4.69) is 10.1 Å². The summed E-state index contributed by atoms with van der Waals surface area (Å²) >= 11 is 12.9. The number of fused-ring (bicyclic) bond motifs is 1. The van der Waals surface area contributed by atoms with E-state index in [0.717, 1.165) is 33.4 Å². The Balaban J connectivity index is 1.38. The fourth-order valence-electron chi connectivity index (χ4n) is 4.15. The molecular formula is C29H22Cl2N2O4. The summed E-state index contributed by atoms with van der Waals surface area (Å²) in [5.74, 6) is 0.498. The van der Waals surface area contributed by atoms with Crippen LogP contribution in [0.2, 0.25) is 10.0 Å². The van der Waals surface area contributed by atoms with Gasteiger partial charge < -0.3 is 14.4 Å². The molecule has 2 aromatic heterocycles. The van der Waals surface area contributed by atoms with Crippen LogP contribution in [-0.2, 0) is 6.61 Å². The minimum absolute atomic E-state index is 0.0941. The van der Waals surface area contributed by atoms with Gasteiger partial charge in [-0.2, -0.15) is 0 Å². The molecule has 0 bridgehead atoms. The summed E-state index contributed by atoms with van der Waals surface area (Å²) < 4.78 is 11.8. The second-order valence-electron chi connectivity index (χ2n) is 8.88. The predicted molar refractivity (Wildman–Crippen MR) is 145 cm³/mol. The van der Waals surface area contributed by atoms with Crippen molar-refractivity contribution in [2.75, 3.05) is 0 Å². The lowest BCUT2D eigenvalue weighted by molar-refractivity contribution is 0.0696. The third-order valence-electron chi connectivity index (χ3n) is 6.04. The molecule has 0 saturated heterocycles. The van der Waals surface area contributed by atoms with Gasteiger partial charge in [-0.3, -0.25) is 4.98 Å². The van der Waals surface area contributed by atoms with Crippen molar-refractivity contribution in [3.05, 3.63) is 99.9 Å². The Kier molecular flexibility index (Phi) is 6.87. The Morgan fingerprint density at radius 2 is 1.70 bits per heavy atom. The van der Waals surface area contributed by atoms with Crippen molar-refractivity contribution in [2.24, 2.45) is 0 Å². The van der Waals surface area contributed by atoms with E-state index >= 15 is 0 Å². The standard InChI is InChI=1S/C29H22Cl2N2O4/c1-16(2)28-22(27(33-37-28)26-23(30)4-3-5-24(26)31)15-36-21-10-8-17(9-11-21)18-6-7-19-12-20(29(34)35)14-32-25(19)13-18/h3-14,16H,15H2,1-2H3,(H,34,35). The molecule has 5 aromatic rings. The van der Waals surface area contributed by atoms with Crippen LogP contribution in [0.15, 0.2) is 77.4 Å². The van der Waals surface area contributed by atoms with E-state index in [1.165, 1.54) is 6.20 Å². The molecule has 0 atom stereocenters. The van der Waals surface area contributed by atoms with Crippen molar-refractivity contribution in [2.45, 2.75) is 26.4 Å². The average molecular weight is 533 g/mol. The summed E-state index contributed by atoms with van der Waals surface area (Å²) in [4.78, 5) is 15.5. The van der Waals surface area contributed by atoms with Crippen LogP contribution in [0.3, 0.4) is 0 Å². The lowest BCUT2D eigenvalue weighted by Crippen LogP contribution is -2.01. The Labute approximate surface area is 223 Å². The monoisotopic (exact) mass is 532 g/mol. The summed E-state index contributed by atoms with van der Waals surface area (Å²) in [6.45, 7) is 4.29. The number of carboxylic acid groups (broad SMARTS) is 1. The minimum Gasteiger partial charge on any atom is -0.489 e. The Morgan fingerprint density at radius 1 is 1.00 bits per heavy atom. The molecule has 0 amide bonds. The van der Waals surface area contributed by atoms with E-state index in [-0.39, 0.29) is 18.1 Å². The second-order valence-corrected chi connectivity index (χ2v) is 9.69. The maximum atomic E-state index is 11.2. The molecule has 2 heterocycles. The van der Waals surface area contributed by atoms with Crippen LogP contribution in [0, 0.1) is 0 Å². The van der Waals surface area contributed by atoms with E-state index in [4.69, 9.17) is 32.5 Å². The minimum atomic E-state index is -0.997. The Bertz CT molecular complexity index is 1590. The van der Waals surface area contributed by atoms with Crippen molar-refractivity contribution in [3.8, 4) is 28.1 Å².